The number of nitrogens with zero attached hydrogens (tertiary/aromatic N) is 1. The summed E-state index contributed by atoms with van der Waals surface area (Å²) in [6.07, 6.45) is 0.812. The third-order valence-corrected chi connectivity index (χ3v) is 3.91. The van der Waals surface area contributed by atoms with Crippen molar-refractivity contribution in [1.29, 1.82) is 0 Å². The predicted octanol–water partition coefficient (Wildman–Crippen LogP) is 2.10. The largest absolute Gasteiger partial charge is 0.469 e. The van der Waals surface area contributed by atoms with Crippen LogP contribution in [0.2, 0.25) is 0 Å². The molecule has 1 atom stereocenters. The summed E-state index contributed by atoms with van der Waals surface area (Å²) in [4.78, 5) is 24.0. The van der Waals surface area contributed by atoms with Crippen LogP contribution in [-0.4, -0.2) is 23.4 Å². The third kappa shape index (κ3) is 1.67. The number of hydrogen-bond donors (Lipinski definition) is 0. The summed E-state index contributed by atoms with van der Waals surface area (Å²) in [6.45, 7) is 0. The van der Waals surface area contributed by atoms with Gasteiger partial charge in [-0.1, -0.05) is 18.2 Å². The summed E-state index contributed by atoms with van der Waals surface area (Å²) >= 11 is 0. The number of methoxy groups -OCH3 is 1. The number of ketones is 1. The molecule has 2 aromatic rings. The van der Waals surface area contributed by atoms with Gasteiger partial charge in [0.15, 0.2) is 5.78 Å². The number of Topliss-reactive ketones (excluding diaryl/α,β-unsaturated/α-hetero) is 1. The van der Waals surface area contributed by atoms with Crippen LogP contribution in [0.4, 0.5) is 0 Å². The smallest absolute Gasteiger partial charge is 0.309 e. The number of aryl methyl sites for hydroxylation is 1. The number of hydrogen-bond acceptors (Lipinski definition) is 3. The molecule has 0 bridgehead atoms. The first-order valence-electron chi connectivity index (χ1n) is 6.30. The number of para-hydroxylation sites is 1. The highest BCUT2D eigenvalue weighted by Crippen LogP contribution is 2.33. The molecule has 0 aliphatic heterocycles. The fraction of sp³-hybridized carbons (Fsp3) is 0.333. The van der Waals surface area contributed by atoms with Gasteiger partial charge in [0, 0.05) is 42.0 Å². The van der Waals surface area contributed by atoms with Gasteiger partial charge in [0.25, 0.3) is 0 Å². The number of ether oxygens (including phenoxy) is 1. The van der Waals surface area contributed by atoms with Crippen molar-refractivity contribution in [2.75, 3.05) is 7.11 Å². The molecule has 4 nitrogen and oxygen atoms in total. The van der Waals surface area contributed by atoms with Crippen molar-refractivity contribution in [2.24, 2.45) is 13.0 Å². The first kappa shape index (κ1) is 12.0. The van der Waals surface area contributed by atoms with Gasteiger partial charge in [-0.15, -0.1) is 0 Å². The second-order valence-electron chi connectivity index (χ2n) is 4.95. The van der Waals surface area contributed by atoms with Crippen LogP contribution in [0.1, 0.15) is 22.5 Å². The highest BCUT2D eigenvalue weighted by molar-refractivity contribution is 6.11. The molecule has 0 saturated heterocycles. The van der Waals surface area contributed by atoms with E-state index in [1.54, 1.807) is 0 Å². The second kappa shape index (κ2) is 4.23. The Labute approximate surface area is 111 Å². The quantitative estimate of drug-likeness (QED) is 0.735. The average Bonchev–Trinajstić information content (AvgIpc) is 2.72. The Hall–Kier alpha value is -2.10. The van der Waals surface area contributed by atoms with Crippen LogP contribution < -0.4 is 0 Å². The second-order valence-corrected chi connectivity index (χ2v) is 4.95. The lowest BCUT2D eigenvalue weighted by Crippen LogP contribution is -2.28. The molecular weight excluding hydrogens is 242 g/mol. The van der Waals surface area contributed by atoms with Gasteiger partial charge in [-0.2, -0.15) is 0 Å². The van der Waals surface area contributed by atoms with Crippen LogP contribution in [0.3, 0.4) is 0 Å². The molecule has 98 valence electrons. The maximum Gasteiger partial charge on any atom is 0.309 e. The normalized spacial score (nSPS) is 18.4. The molecule has 1 aliphatic rings. The van der Waals surface area contributed by atoms with E-state index in [9.17, 15) is 9.59 Å². The molecule has 1 aliphatic carbocycles. The SMILES string of the molecule is COC(=O)C1CC(=O)c2c(n(C)c3ccccc23)C1. The van der Waals surface area contributed by atoms with Crippen molar-refractivity contribution in [1.82, 2.24) is 4.57 Å². The van der Waals surface area contributed by atoms with Gasteiger partial charge < -0.3 is 9.30 Å². The Kier molecular flexibility index (Phi) is 2.66. The number of fused-ring (bicyclic) bond motifs is 3. The van der Waals surface area contributed by atoms with Gasteiger partial charge >= 0.3 is 5.97 Å². The zero-order valence-corrected chi connectivity index (χ0v) is 11.0. The van der Waals surface area contributed by atoms with Crippen LogP contribution in [-0.2, 0) is 23.0 Å². The zero-order chi connectivity index (χ0) is 13.6. The summed E-state index contributed by atoms with van der Waals surface area (Å²) < 4.78 is 6.78. The number of carbonyl (C=O) groups is 2. The Morgan fingerprint density at radius 3 is 2.79 bits per heavy atom. The molecule has 3 rings (SSSR count). The first-order valence-corrected chi connectivity index (χ1v) is 6.30. The van der Waals surface area contributed by atoms with Crippen LogP contribution in [0.5, 0.6) is 0 Å². The summed E-state index contributed by atoms with van der Waals surface area (Å²) in [5.74, 6) is -0.620. The van der Waals surface area contributed by atoms with E-state index in [-0.39, 0.29) is 24.1 Å². The van der Waals surface area contributed by atoms with Crippen LogP contribution in [0, 0.1) is 5.92 Å². The van der Waals surface area contributed by atoms with E-state index >= 15 is 0 Å². The molecular formula is C15H15NO3. The lowest BCUT2D eigenvalue weighted by Gasteiger charge is -2.20. The van der Waals surface area contributed by atoms with E-state index in [2.05, 4.69) is 0 Å². The van der Waals surface area contributed by atoms with E-state index in [1.807, 2.05) is 35.9 Å². The van der Waals surface area contributed by atoms with E-state index in [1.165, 1.54) is 7.11 Å². The molecule has 0 saturated carbocycles. The van der Waals surface area contributed by atoms with Crippen LogP contribution >= 0.6 is 0 Å². The van der Waals surface area contributed by atoms with Crippen molar-refractivity contribution in [3.05, 3.63) is 35.5 Å². The third-order valence-electron chi connectivity index (χ3n) is 3.91. The zero-order valence-electron chi connectivity index (χ0n) is 11.0. The molecule has 0 spiro atoms. The molecule has 1 unspecified atom stereocenters. The number of benzene rings is 1. The molecule has 1 heterocycles. The maximum atomic E-state index is 12.3. The number of esters is 1. The molecule has 0 radical (unpaired) electrons. The Bertz CT molecular complexity index is 684. The molecule has 19 heavy (non-hydrogen) atoms. The number of carbonyl (C=O) groups excluding carboxylic acids is 2. The van der Waals surface area contributed by atoms with Crippen LogP contribution in [0.15, 0.2) is 24.3 Å². The fourth-order valence-corrected chi connectivity index (χ4v) is 2.96. The summed E-state index contributed by atoms with van der Waals surface area (Å²) in [5.41, 5.74) is 2.75. The van der Waals surface area contributed by atoms with Gasteiger partial charge in [0.1, 0.15) is 0 Å². The topological polar surface area (TPSA) is 48.3 Å². The monoisotopic (exact) mass is 257 g/mol. The summed E-state index contributed by atoms with van der Waals surface area (Å²) in [6, 6.07) is 7.84. The van der Waals surface area contributed by atoms with Gasteiger partial charge in [-0.25, -0.2) is 0 Å². The standard InChI is InChI=1S/C15H15NO3/c1-16-11-6-4-3-5-10(11)14-12(16)7-9(8-13(14)17)15(18)19-2/h3-6,9H,7-8H2,1-2H3. The van der Waals surface area contributed by atoms with Crippen molar-refractivity contribution in [3.63, 3.8) is 0 Å². The molecule has 0 amide bonds. The highest BCUT2D eigenvalue weighted by atomic mass is 16.5. The summed E-state index contributed by atoms with van der Waals surface area (Å²) in [7, 11) is 3.30. The molecule has 0 fully saturated rings. The number of aromatic nitrogens is 1. The highest BCUT2D eigenvalue weighted by Gasteiger charge is 2.34. The van der Waals surface area contributed by atoms with Crippen molar-refractivity contribution in [2.45, 2.75) is 12.8 Å². The first-order chi connectivity index (χ1) is 9.13. The van der Waals surface area contributed by atoms with E-state index in [0.717, 1.165) is 22.2 Å². The molecule has 4 heteroatoms. The average molecular weight is 257 g/mol. The van der Waals surface area contributed by atoms with E-state index in [4.69, 9.17) is 4.74 Å². The van der Waals surface area contributed by atoms with Crippen LogP contribution in [0.25, 0.3) is 10.9 Å². The lowest BCUT2D eigenvalue weighted by molar-refractivity contribution is -0.145. The van der Waals surface area contributed by atoms with Crippen molar-refractivity contribution in [3.8, 4) is 0 Å². The van der Waals surface area contributed by atoms with Crippen molar-refractivity contribution < 1.29 is 14.3 Å². The predicted molar refractivity (Wildman–Crippen MR) is 71.1 cm³/mol. The summed E-state index contributed by atoms with van der Waals surface area (Å²) in [5, 5.41) is 0.980. The van der Waals surface area contributed by atoms with Gasteiger partial charge in [0.2, 0.25) is 0 Å². The number of rotatable bonds is 1. The van der Waals surface area contributed by atoms with E-state index < -0.39 is 0 Å². The lowest BCUT2D eigenvalue weighted by atomic mass is 9.86. The molecule has 1 aromatic carbocycles. The Morgan fingerprint density at radius 1 is 1.32 bits per heavy atom. The van der Waals surface area contributed by atoms with Gasteiger partial charge in [-0.05, 0) is 6.07 Å². The van der Waals surface area contributed by atoms with Gasteiger partial charge in [0.05, 0.1) is 13.0 Å². The maximum absolute atomic E-state index is 12.3. The minimum Gasteiger partial charge on any atom is -0.469 e. The van der Waals surface area contributed by atoms with E-state index in [0.29, 0.717) is 6.42 Å². The minimum atomic E-state index is -0.354. The molecule has 1 aromatic heterocycles. The van der Waals surface area contributed by atoms with Crippen molar-refractivity contribution >= 4 is 22.7 Å². The van der Waals surface area contributed by atoms with Gasteiger partial charge in [-0.3, -0.25) is 9.59 Å². The minimum absolute atomic E-state index is 0.0356. The Balaban J connectivity index is 2.18. The fourth-order valence-electron chi connectivity index (χ4n) is 2.96. The molecule has 0 N–H and O–H groups in total. The Morgan fingerprint density at radius 2 is 2.05 bits per heavy atom.